The van der Waals surface area contributed by atoms with Crippen molar-refractivity contribution in [1.82, 2.24) is 0 Å². The van der Waals surface area contributed by atoms with E-state index < -0.39 is 0 Å². The lowest BCUT2D eigenvalue weighted by atomic mass is 10.1. The van der Waals surface area contributed by atoms with Gasteiger partial charge in [-0.25, -0.2) is 0 Å². The van der Waals surface area contributed by atoms with Crippen LogP contribution in [-0.2, 0) is 0 Å². The molecule has 0 N–H and O–H groups in total. The van der Waals surface area contributed by atoms with E-state index in [1.807, 2.05) is 26.0 Å². The molecule has 0 heterocycles. The third-order valence-electron chi connectivity index (χ3n) is 3.15. The lowest BCUT2D eigenvalue weighted by molar-refractivity contribution is 0.111. The van der Waals surface area contributed by atoms with E-state index in [0.29, 0.717) is 30.3 Å². The minimum Gasteiger partial charge on any atom is -0.493 e. The van der Waals surface area contributed by atoms with Gasteiger partial charge in [0.05, 0.1) is 12.7 Å². The molecule has 0 spiro atoms. The molecule has 0 aromatic heterocycles. The van der Waals surface area contributed by atoms with E-state index in [2.05, 4.69) is 6.07 Å². The van der Waals surface area contributed by atoms with Crippen LogP contribution in [0.25, 0.3) is 0 Å². The summed E-state index contributed by atoms with van der Waals surface area (Å²) in [6.07, 6.45) is 0.753. The number of benzene rings is 2. The molecule has 0 bridgehead atoms. The molecule has 2 rings (SSSR count). The maximum absolute atomic E-state index is 11.1. The Balaban J connectivity index is 1.95. The number of hydrogen-bond acceptors (Lipinski definition) is 4. The zero-order valence-corrected chi connectivity index (χ0v) is 13.1. The largest absolute Gasteiger partial charge is 0.493 e. The molecular weight excluding hydrogens is 280 g/mol. The van der Waals surface area contributed by atoms with Crippen LogP contribution in [0, 0.1) is 13.8 Å². The van der Waals surface area contributed by atoms with Crippen LogP contribution in [0.5, 0.6) is 17.2 Å². The molecule has 0 aliphatic heterocycles. The van der Waals surface area contributed by atoms with E-state index >= 15 is 0 Å². The van der Waals surface area contributed by atoms with E-state index in [1.54, 1.807) is 25.3 Å². The molecule has 4 nitrogen and oxygen atoms in total. The summed E-state index contributed by atoms with van der Waals surface area (Å²) in [5, 5.41) is 0. The van der Waals surface area contributed by atoms with Gasteiger partial charge in [-0.1, -0.05) is 12.1 Å². The average molecular weight is 300 g/mol. The molecule has 0 fully saturated rings. The molecule has 0 unspecified atom stereocenters. The number of aldehydes is 1. The minimum atomic E-state index is 0.328. The van der Waals surface area contributed by atoms with Crippen LogP contribution in [0.3, 0.4) is 0 Å². The zero-order valence-electron chi connectivity index (χ0n) is 13.1. The van der Waals surface area contributed by atoms with Crippen LogP contribution in [0.4, 0.5) is 0 Å². The number of carbonyl (C=O) groups excluding carboxylic acids is 1. The van der Waals surface area contributed by atoms with Crippen LogP contribution in [0.2, 0.25) is 0 Å². The molecule has 0 amide bonds. The highest BCUT2D eigenvalue weighted by atomic mass is 16.5. The Hall–Kier alpha value is -2.49. The van der Waals surface area contributed by atoms with Crippen LogP contribution in [0.1, 0.15) is 21.5 Å². The van der Waals surface area contributed by atoms with Gasteiger partial charge in [0, 0.05) is 0 Å². The standard InChI is InChI=1S/C18H20O4/c1-13-9-14(2)11-16(10-13)21-7-8-22-18-15(12-19)5-4-6-17(18)20-3/h4-6,9-12H,7-8H2,1-3H3. The highest BCUT2D eigenvalue weighted by Crippen LogP contribution is 2.29. The molecule has 22 heavy (non-hydrogen) atoms. The lowest BCUT2D eigenvalue weighted by Gasteiger charge is -2.13. The lowest BCUT2D eigenvalue weighted by Crippen LogP contribution is -2.10. The highest BCUT2D eigenvalue weighted by molar-refractivity contribution is 5.81. The Morgan fingerprint density at radius 2 is 1.68 bits per heavy atom. The first-order valence-electron chi connectivity index (χ1n) is 7.10. The third-order valence-corrected chi connectivity index (χ3v) is 3.15. The van der Waals surface area contributed by atoms with E-state index in [1.165, 1.54) is 0 Å². The topological polar surface area (TPSA) is 44.8 Å². The van der Waals surface area contributed by atoms with E-state index in [4.69, 9.17) is 14.2 Å². The SMILES string of the molecule is COc1cccc(C=O)c1OCCOc1cc(C)cc(C)c1. The summed E-state index contributed by atoms with van der Waals surface area (Å²) in [5.41, 5.74) is 2.78. The van der Waals surface area contributed by atoms with E-state index in [-0.39, 0.29) is 0 Å². The Morgan fingerprint density at radius 3 is 2.32 bits per heavy atom. The summed E-state index contributed by atoms with van der Waals surface area (Å²) in [5.74, 6) is 1.80. The molecule has 0 saturated heterocycles. The van der Waals surface area contributed by atoms with Gasteiger partial charge in [-0.2, -0.15) is 0 Å². The first kappa shape index (κ1) is 15.9. The molecule has 116 valence electrons. The minimum absolute atomic E-state index is 0.328. The molecule has 0 atom stereocenters. The quantitative estimate of drug-likeness (QED) is 0.579. The summed E-state index contributed by atoms with van der Waals surface area (Å²) in [7, 11) is 1.54. The zero-order chi connectivity index (χ0) is 15.9. The van der Waals surface area contributed by atoms with Crippen LogP contribution < -0.4 is 14.2 Å². The van der Waals surface area contributed by atoms with Gasteiger partial charge < -0.3 is 14.2 Å². The van der Waals surface area contributed by atoms with Gasteiger partial charge in [-0.3, -0.25) is 4.79 Å². The fourth-order valence-electron chi connectivity index (χ4n) is 2.26. The van der Waals surface area contributed by atoms with Gasteiger partial charge in [0.1, 0.15) is 19.0 Å². The second-order valence-corrected chi connectivity index (χ2v) is 5.02. The summed E-state index contributed by atoms with van der Waals surface area (Å²) >= 11 is 0. The second-order valence-electron chi connectivity index (χ2n) is 5.02. The van der Waals surface area contributed by atoms with Crippen molar-refractivity contribution in [3.05, 3.63) is 53.1 Å². The summed E-state index contributed by atoms with van der Waals surface area (Å²) < 4.78 is 16.5. The molecule has 0 aliphatic rings. The molecular formula is C18H20O4. The Labute approximate surface area is 130 Å². The molecule has 4 heteroatoms. The van der Waals surface area contributed by atoms with E-state index in [0.717, 1.165) is 23.2 Å². The molecule has 2 aromatic carbocycles. The summed E-state index contributed by atoms with van der Waals surface area (Å²) in [6, 6.07) is 11.2. The van der Waals surface area contributed by atoms with Crippen molar-refractivity contribution in [2.24, 2.45) is 0 Å². The van der Waals surface area contributed by atoms with E-state index in [9.17, 15) is 4.79 Å². The molecule has 0 aliphatic carbocycles. The van der Waals surface area contributed by atoms with Crippen LogP contribution >= 0.6 is 0 Å². The van der Waals surface area contributed by atoms with Crippen molar-refractivity contribution in [2.45, 2.75) is 13.8 Å². The number of rotatable bonds is 7. The molecule has 2 aromatic rings. The van der Waals surface area contributed by atoms with Gasteiger partial charge in [0.15, 0.2) is 17.8 Å². The number of ether oxygens (including phenoxy) is 3. The second kappa shape index (κ2) is 7.50. The fraction of sp³-hybridized carbons (Fsp3) is 0.278. The maximum Gasteiger partial charge on any atom is 0.171 e. The van der Waals surface area contributed by atoms with Gasteiger partial charge in [-0.05, 0) is 49.2 Å². The Bertz CT molecular complexity index is 629. The smallest absolute Gasteiger partial charge is 0.171 e. The van der Waals surface area contributed by atoms with Crippen molar-refractivity contribution >= 4 is 6.29 Å². The predicted octanol–water partition coefficient (Wildman–Crippen LogP) is 3.58. The fourth-order valence-corrected chi connectivity index (χ4v) is 2.26. The predicted molar refractivity (Wildman–Crippen MR) is 85.3 cm³/mol. The average Bonchev–Trinajstić information content (AvgIpc) is 2.50. The van der Waals surface area contributed by atoms with Crippen molar-refractivity contribution in [3.8, 4) is 17.2 Å². The van der Waals surface area contributed by atoms with Crippen LogP contribution in [0.15, 0.2) is 36.4 Å². The van der Waals surface area contributed by atoms with Gasteiger partial charge in [0.2, 0.25) is 0 Å². The normalized spacial score (nSPS) is 10.1. The van der Waals surface area contributed by atoms with Crippen molar-refractivity contribution in [2.75, 3.05) is 20.3 Å². The number of hydrogen-bond donors (Lipinski definition) is 0. The van der Waals surface area contributed by atoms with Crippen molar-refractivity contribution in [1.29, 1.82) is 0 Å². The molecule has 0 radical (unpaired) electrons. The monoisotopic (exact) mass is 300 g/mol. The van der Waals surface area contributed by atoms with Gasteiger partial charge in [-0.15, -0.1) is 0 Å². The summed E-state index contributed by atoms with van der Waals surface area (Å²) in [4.78, 5) is 11.1. The highest BCUT2D eigenvalue weighted by Gasteiger charge is 2.09. The van der Waals surface area contributed by atoms with Gasteiger partial charge in [0.25, 0.3) is 0 Å². The number of methoxy groups -OCH3 is 1. The first-order chi connectivity index (χ1) is 10.6. The number of para-hydroxylation sites is 1. The Morgan fingerprint density at radius 1 is 1.00 bits per heavy atom. The van der Waals surface area contributed by atoms with Crippen molar-refractivity contribution in [3.63, 3.8) is 0 Å². The molecule has 0 saturated carbocycles. The first-order valence-corrected chi connectivity index (χ1v) is 7.10. The third kappa shape index (κ3) is 4.01. The van der Waals surface area contributed by atoms with Crippen molar-refractivity contribution < 1.29 is 19.0 Å². The number of carbonyl (C=O) groups is 1. The maximum atomic E-state index is 11.1. The van der Waals surface area contributed by atoms with Gasteiger partial charge >= 0.3 is 0 Å². The Kier molecular flexibility index (Phi) is 5.42. The summed E-state index contributed by atoms with van der Waals surface area (Å²) in [6.45, 7) is 4.77. The number of aryl methyl sites for hydroxylation is 2. The van der Waals surface area contributed by atoms with Crippen LogP contribution in [-0.4, -0.2) is 26.6 Å².